The van der Waals surface area contributed by atoms with Crippen molar-refractivity contribution in [3.8, 4) is 0 Å². The fourth-order valence-corrected chi connectivity index (χ4v) is 4.51. The molecule has 174 valence electrons. The summed E-state index contributed by atoms with van der Waals surface area (Å²) in [5.74, 6) is 2.00. The molecule has 1 aromatic heterocycles. The zero-order valence-electron chi connectivity index (χ0n) is 18.7. The van der Waals surface area contributed by atoms with Gasteiger partial charge < -0.3 is 20.9 Å². The van der Waals surface area contributed by atoms with Gasteiger partial charge in [0.05, 0.1) is 21.2 Å². The van der Waals surface area contributed by atoms with Gasteiger partial charge in [0.15, 0.2) is 0 Å². The Bertz CT molecular complexity index is 1130. The van der Waals surface area contributed by atoms with Gasteiger partial charge in [0.1, 0.15) is 5.82 Å². The lowest BCUT2D eigenvalue weighted by Crippen LogP contribution is -2.36. The van der Waals surface area contributed by atoms with Gasteiger partial charge in [-0.3, -0.25) is 0 Å². The lowest BCUT2D eigenvalue weighted by Gasteiger charge is -2.29. The van der Waals surface area contributed by atoms with Crippen molar-refractivity contribution in [3.63, 3.8) is 0 Å². The van der Waals surface area contributed by atoms with E-state index < -0.39 is 0 Å². The van der Waals surface area contributed by atoms with Crippen LogP contribution in [0.15, 0.2) is 42.5 Å². The zero-order chi connectivity index (χ0) is 23.4. The number of hydrogen-bond donors (Lipinski definition) is 3. The van der Waals surface area contributed by atoms with Crippen LogP contribution >= 0.6 is 23.2 Å². The lowest BCUT2D eigenvalue weighted by atomic mass is 9.86. The molecule has 2 amide bonds. The molecule has 9 heteroatoms. The van der Waals surface area contributed by atoms with Gasteiger partial charge in [0.25, 0.3) is 0 Å². The highest BCUT2D eigenvalue weighted by molar-refractivity contribution is 6.43. The molecule has 1 saturated carbocycles. The van der Waals surface area contributed by atoms with E-state index in [1.165, 1.54) is 0 Å². The van der Waals surface area contributed by atoms with Gasteiger partial charge in [-0.05, 0) is 55.9 Å². The standard InChI is InChI=1S/C24H28Cl2N6O/c1-32(2)22-17-6-3-4-8-19(17)29-23(31-22)28-16-12-10-15(11-13-16)14-27-24(33)30-20-9-5-7-18(25)21(20)26/h3-9,15-16H,10-14H2,1-2H3,(H2,27,30,33)(H,28,29,31)/t15-,16+. The number of halogens is 2. The number of amides is 2. The van der Waals surface area contributed by atoms with Gasteiger partial charge >= 0.3 is 6.03 Å². The first-order valence-corrected chi connectivity index (χ1v) is 11.9. The van der Waals surface area contributed by atoms with Crippen molar-refractivity contribution in [2.24, 2.45) is 5.92 Å². The van der Waals surface area contributed by atoms with Crippen molar-refractivity contribution < 1.29 is 4.79 Å². The molecule has 3 N–H and O–H groups in total. The lowest BCUT2D eigenvalue weighted by molar-refractivity contribution is 0.246. The molecule has 0 unspecified atom stereocenters. The van der Waals surface area contributed by atoms with Crippen LogP contribution in [0.1, 0.15) is 25.7 Å². The fraction of sp³-hybridized carbons (Fsp3) is 0.375. The molecule has 3 aromatic rings. The molecule has 0 bridgehead atoms. The zero-order valence-corrected chi connectivity index (χ0v) is 20.2. The van der Waals surface area contributed by atoms with E-state index in [1.807, 2.05) is 43.3 Å². The maximum atomic E-state index is 12.3. The SMILES string of the molecule is CN(C)c1nc(N[C@H]2CC[C@@H](CNC(=O)Nc3cccc(Cl)c3Cl)CC2)nc2ccccc12. The molecule has 0 aliphatic heterocycles. The second kappa shape index (κ2) is 10.4. The molecular weight excluding hydrogens is 459 g/mol. The Kier molecular flexibility index (Phi) is 7.40. The number of benzene rings is 2. The van der Waals surface area contributed by atoms with Crippen molar-refractivity contribution in [1.82, 2.24) is 15.3 Å². The van der Waals surface area contributed by atoms with Crippen molar-refractivity contribution in [2.45, 2.75) is 31.7 Å². The molecule has 33 heavy (non-hydrogen) atoms. The van der Waals surface area contributed by atoms with Gasteiger partial charge in [-0.1, -0.05) is 41.4 Å². The molecule has 0 radical (unpaired) electrons. The average Bonchev–Trinajstić information content (AvgIpc) is 2.81. The number of aromatic nitrogens is 2. The number of carbonyl (C=O) groups is 1. The number of carbonyl (C=O) groups excluding carboxylic acids is 1. The van der Waals surface area contributed by atoms with E-state index in [4.69, 9.17) is 33.2 Å². The largest absolute Gasteiger partial charge is 0.362 e. The van der Waals surface area contributed by atoms with Gasteiger partial charge in [0.2, 0.25) is 5.95 Å². The van der Waals surface area contributed by atoms with Gasteiger partial charge in [-0.15, -0.1) is 0 Å². The monoisotopic (exact) mass is 486 g/mol. The third-order valence-corrected chi connectivity index (χ3v) is 6.76. The van der Waals surface area contributed by atoms with Crippen molar-refractivity contribution in [3.05, 3.63) is 52.5 Å². The summed E-state index contributed by atoms with van der Waals surface area (Å²) in [6.45, 7) is 0.619. The minimum absolute atomic E-state index is 0.278. The third-order valence-electron chi connectivity index (χ3n) is 5.94. The summed E-state index contributed by atoms with van der Waals surface area (Å²) >= 11 is 12.1. The molecule has 4 rings (SSSR count). The number of urea groups is 1. The highest BCUT2D eigenvalue weighted by Crippen LogP contribution is 2.30. The normalized spacial score (nSPS) is 18.1. The van der Waals surface area contributed by atoms with Gasteiger partial charge in [0, 0.05) is 32.1 Å². The number of nitrogens with one attached hydrogen (secondary N) is 3. The van der Waals surface area contributed by atoms with Crippen LogP contribution in [-0.2, 0) is 0 Å². The number of para-hydroxylation sites is 1. The first-order chi connectivity index (χ1) is 15.9. The summed E-state index contributed by atoms with van der Waals surface area (Å²) in [6, 6.07) is 13.3. The molecule has 7 nitrogen and oxygen atoms in total. The van der Waals surface area contributed by atoms with E-state index in [9.17, 15) is 4.79 Å². The van der Waals surface area contributed by atoms with Crippen LogP contribution < -0.4 is 20.9 Å². The van der Waals surface area contributed by atoms with Crippen LogP contribution in [-0.4, -0.2) is 42.7 Å². The molecule has 1 fully saturated rings. The maximum Gasteiger partial charge on any atom is 0.319 e. The van der Waals surface area contributed by atoms with E-state index in [1.54, 1.807) is 18.2 Å². The Morgan fingerprint density at radius 3 is 2.55 bits per heavy atom. The number of nitrogens with zero attached hydrogens (tertiary/aromatic N) is 3. The average molecular weight is 487 g/mol. The Hall–Kier alpha value is -2.77. The number of rotatable bonds is 6. The van der Waals surface area contributed by atoms with Crippen LogP contribution in [0.25, 0.3) is 10.9 Å². The molecule has 1 heterocycles. The number of fused-ring (bicyclic) bond motifs is 1. The van der Waals surface area contributed by atoms with E-state index in [0.717, 1.165) is 42.4 Å². The minimum atomic E-state index is -0.278. The third kappa shape index (κ3) is 5.78. The highest BCUT2D eigenvalue weighted by atomic mass is 35.5. The Morgan fingerprint density at radius 1 is 1.03 bits per heavy atom. The first kappa shape index (κ1) is 23.4. The second-order valence-electron chi connectivity index (χ2n) is 8.58. The number of anilines is 3. The summed E-state index contributed by atoms with van der Waals surface area (Å²) in [6.07, 6.45) is 4.04. The molecule has 0 atom stereocenters. The topological polar surface area (TPSA) is 82.2 Å². The van der Waals surface area contributed by atoms with E-state index >= 15 is 0 Å². The molecule has 0 spiro atoms. The van der Waals surface area contributed by atoms with Gasteiger partial charge in [-0.2, -0.15) is 4.98 Å². The predicted molar refractivity (Wildman–Crippen MR) is 137 cm³/mol. The van der Waals surface area contributed by atoms with Crippen LogP contribution in [0.5, 0.6) is 0 Å². The molecule has 1 aliphatic rings. The summed E-state index contributed by atoms with van der Waals surface area (Å²) in [7, 11) is 3.99. The molecule has 2 aromatic carbocycles. The highest BCUT2D eigenvalue weighted by Gasteiger charge is 2.23. The van der Waals surface area contributed by atoms with Crippen LogP contribution in [0, 0.1) is 5.92 Å². The molecule has 1 aliphatic carbocycles. The molecular formula is C24H28Cl2N6O. The summed E-state index contributed by atoms with van der Waals surface area (Å²) in [4.78, 5) is 23.7. The van der Waals surface area contributed by atoms with Crippen LogP contribution in [0.3, 0.4) is 0 Å². The van der Waals surface area contributed by atoms with E-state index in [-0.39, 0.29) is 6.03 Å². The first-order valence-electron chi connectivity index (χ1n) is 11.1. The fourth-order valence-electron chi connectivity index (χ4n) is 4.16. The Morgan fingerprint density at radius 2 is 1.79 bits per heavy atom. The number of hydrogen-bond acceptors (Lipinski definition) is 5. The smallest absolute Gasteiger partial charge is 0.319 e. The van der Waals surface area contributed by atoms with Gasteiger partial charge in [-0.25, -0.2) is 9.78 Å². The summed E-state index contributed by atoms with van der Waals surface area (Å²) < 4.78 is 0. The summed E-state index contributed by atoms with van der Waals surface area (Å²) in [5.41, 5.74) is 1.43. The second-order valence-corrected chi connectivity index (χ2v) is 9.37. The predicted octanol–water partition coefficient (Wildman–Crippen LogP) is 5.80. The Labute approximate surface area is 203 Å². The molecule has 0 saturated heterocycles. The quantitative estimate of drug-likeness (QED) is 0.410. The van der Waals surface area contributed by atoms with Crippen LogP contribution in [0.2, 0.25) is 10.0 Å². The van der Waals surface area contributed by atoms with Crippen molar-refractivity contribution >= 4 is 57.6 Å². The Balaban J connectivity index is 1.28. The van der Waals surface area contributed by atoms with E-state index in [2.05, 4.69) is 16.0 Å². The minimum Gasteiger partial charge on any atom is -0.362 e. The van der Waals surface area contributed by atoms with Crippen molar-refractivity contribution in [1.29, 1.82) is 0 Å². The van der Waals surface area contributed by atoms with Crippen molar-refractivity contribution in [2.75, 3.05) is 36.2 Å². The maximum absolute atomic E-state index is 12.3. The summed E-state index contributed by atoms with van der Waals surface area (Å²) in [5, 5.41) is 11.0. The van der Waals surface area contributed by atoms with Crippen LogP contribution in [0.4, 0.5) is 22.2 Å². The van der Waals surface area contributed by atoms with E-state index in [0.29, 0.717) is 40.2 Å².